The molecule has 9 nitrogen and oxygen atoms in total. The first kappa shape index (κ1) is 26.1. The van der Waals surface area contributed by atoms with Crippen molar-refractivity contribution in [3.63, 3.8) is 0 Å². The molecule has 5 rings (SSSR count). The van der Waals surface area contributed by atoms with Gasteiger partial charge >= 0.3 is 0 Å². The van der Waals surface area contributed by atoms with Gasteiger partial charge in [-0.1, -0.05) is 26.8 Å². The highest BCUT2D eigenvalue weighted by Crippen LogP contribution is 2.34. The molecule has 9 heteroatoms. The van der Waals surface area contributed by atoms with Crippen LogP contribution in [0.1, 0.15) is 73.9 Å². The van der Waals surface area contributed by atoms with Gasteiger partial charge in [0.25, 0.3) is 5.56 Å². The molecular weight excluding hydrogens is 480 g/mol. The van der Waals surface area contributed by atoms with Gasteiger partial charge in [-0.15, -0.1) is 0 Å². The minimum atomic E-state index is -0.404. The number of hydrogen-bond donors (Lipinski definition) is 2. The van der Waals surface area contributed by atoms with Crippen molar-refractivity contribution in [1.82, 2.24) is 30.2 Å². The molecule has 4 heterocycles. The van der Waals surface area contributed by atoms with Crippen LogP contribution in [0, 0.1) is 25.2 Å². The number of nitrogens with one attached hydrogen (secondary N) is 2. The number of benzene rings is 1. The normalized spacial score (nSPS) is 19.1. The van der Waals surface area contributed by atoms with E-state index in [-0.39, 0.29) is 35.1 Å². The second-order valence-corrected chi connectivity index (χ2v) is 12.3. The smallest absolute Gasteiger partial charge is 0.267 e. The first-order valence-corrected chi connectivity index (χ1v) is 13.6. The lowest BCUT2D eigenvalue weighted by molar-refractivity contribution is -0.142. The lowest BCUT2D eigenvalue weighted by Gasteiger charge is -2.34. The summed E-state index contributed by atoms with van der Waals surface area (Å²) in [6.07, 6.45) is 4.05. The van der Waals surface area contributed by atoms with E-state index < -0.39 is 5.92 Å². The summed E-state index contributed by atoms with van der Waals surface area (Å²) < 4.78 is 0. The fraction of sp³-hybridized carbons (Fsp3) is 0.552. The number of carbonyl (C=O) groups is 2. The zero-order valence-corrected chi connectivity index (χ0v) is 23.1. The van der Waals surface area contributed by atoms with Crippen molar-refractivity contribution >= 4 is 22.7 Å². The summed E-state index contributed by atoms with van der Waals surface area (Å²) in [7, 11) is 0. The number of rotatable bonds is 4. The van der Waals surface area contributed by atoms with E-state index in [1.54, 1.807) is 0 Å². The van der Waals surface area contributed by atoms with Crippen molar-refractivity contribution in [3.8, 4) is 0 Å². The van der Waals surface area contributed by atoms with Gasteiger partial charge in [-0.05, 0) is 67.2 Å². The Morgan fingerprint density at radius 3 is 2.55 bits per heavy atom. The average Bonchev–Trinajstić information content (AvgIpc) is 3.32. The summed E-state index contributed by atoms with van der Waals surface area (Å²) in [5.74, 6) is -0.230. The Labute approximate surface area is 223 Å². The molecule has 0 saturated carbocycles. The number of likely N-dealkylation sites (tertiary alicyclic amines) is 1. The highest BCUT2D eigenvalue weighted by Gasteiger charge is 2.36. The van der Waals surface area contributed by atoms with Gasteiger partial charge in [0.2, 0.25) is 11.8 Å². The molecule has 0 aliphatic carbocycles. The molecule has 0 radical (unpaired) electrons. The first-order chi connectivity index (χ1) is 18.0. The topological polar surface area (TPSA) is 115 Å². The van der Waals surface area contributed by atoms with E-state index in [0.29, 0.717) is 32.6 Å². The second kappa shape index (κ2) is 10.0. The molecular formula is C29H38N6O3. The molecule has 0 unspecified atom stereocenters. The first-order valence-electron chi connectivity index (χ1n) is 13.6. The van der Waals surface area contributed by atoms with Crippen molar-refractivity contribution in [1.29, 1.82) is 0 Å². The molecule has 0 bridgehead atoms. The highest BCUT2D eigenvalue weighted by molar-refractivity contribution is 5.90. The van der Waals surface area contributed by atoms with Crippen molar-refractivity contribution in [3.05, 3.63) is 56.6 Å². The molecule has 2 aliphatic heterocycles. The molecule has 2 aliphatic rings. The van der Waals surface area contributed by atoms with Crippen LogP contribution in [0.25, 0.3) is 10.9 Å². The number of fused-ring (bicyclic) bond motifs is 3. The molecule has 2 aromatic heterocycles. The number of piperidine rings is 1. The minimum absolute atomic E-state index is 0.0156. The molecule has 2 N–H and O–H groups in total. The van der Waals surface area contributed by atoms with E-state index in [1.165, 1.54) is 0 Å². The van der Waals surface area contributed by atoms with Crippen LogP contribution in [-0.4, -0.2) is 61.6 Å². The Bertz CT molecular complexity index is 1420. The van der Waals surface area contributed by atoms with Crippen LogP contribution in [0.3, 0.4) is 0 Å². The second-order valence-electron chi connectivity index (χ2n) is 12.3. The van der Waals surface area contributed by atoms with Crippen LogP contribution in [0.2, 0.25) is 0 Å². The van der Waals surface area contributed by atoms with Gasteiger partial charge in [-0.2, -0.15) is 10.2 Å². The quantitative estimate of drug-likeness (QED) is 0.548. The predicted molar refractivity (Wildman–Crippen MR) is 146 cm³/mol. The van der Waals surface area contributed by atoms with Crippen LogP contribution >= 0.6 is 0 Å². The predicted octanol–water partition coefficient (Wildman–Crippen LogP) is 3.61. The third-order valence-electron chi connectivity index (χ3n) is 7.95. The van der Waals surface area contributed by atoms with Gasteiger partial charge in [0, 0.05) is 43.5 Å². The van der Waals surface area contributed by atoms with Crippen LogP contribution in [0.4, 0.5) is 0 Å². The zero-order chi connectivity index (χ0) is 27.2. The number of aromatic amines is 2. The van der Waals surface area contributed by atoms with Gasteiger partial charge in [0.05, 0.1) is 23.3 Å². The van der Waals surface area contributed by atoms with Crippen molar-refractivity contribution in [2.24, 2.45) is 11.3 Å². The lowest BCUT2D eigenvalue weighted by Crippen LogP contribution is -2.43. The summed E-state index contributed by atoms with van der Waals surface area (Å²) in [6.45, 7) is 12.6. The Morgan fingerprint density at radius 2 is 1.84 bits per heavy atom. The van der Waals surface area contributed by atoms with Gasteiger partial charge in [-0.25, -0.2) is 5.10 Å². The van der Waals surface area contributed by atoms with Gasteiger partial charge in [0.15, 0.2) is 0 Å². The number of H-pyrrole nitrogens is 2. The summed E-state index contributed by atoms with van der Waals surface area (Å²) in [4.78, 5) is 43.5. The molecule has 0 spiro atoms. The highest BCUT2D eigenvalue weighted by atomic mass is 16.2. The number of carbonyl (C=O) groups excluding carboxylic acids is 2. The summed E-state index contributed by atoms with van der Waals surface area (Å²) in [5, 5.41) is 15.0. The van der Waals surface area contributed by atoms with Gasteiger partial charge < -0.3 is 9.80 Å². The van der Waals surface area contributed by atoms with Crippen LogP contribution in [0.5, 0.6) is 0 Å². The van der Waals surface area contributed by atoms with E-state index >= 15 is 0 Å². The van der Waals surface area contributed by atoms with E-state index in [1.807, 2.05) is 29.0 Å². The van der Waals surface area contributed by atoms with Crippen molar-refractivity contribution in [2.75, 3.05) is 19.6 Å². The van der Waals surface area contributed by atoms with Gasteiger partial charge in [0.1, 0.15) is 0 Å². The maximum absolute atomic E-state index is 13.9. The number of aryl methyl sites for hydroxylation is 2. The molecule has 1 aromatic carbocycles. The zero-order valence-electron chi connectivity index (χ0n) is 23.1. The monoisotopic (exact) mass is 518 g/mol. The van der Waals surface area contributed by atoms with Crippen LogP contribution in [0.15, 0.2) is 23.1 Å². The largest absolute Gasteiger partial charge is 0.343 e. The van der Waals surface area contributed by atoms with Gasteiger partial charge in [-0.3, -0.25) is 19.5 Å². The standard InChI is InChI=1S/C29H38N6O3/c1-17-10-20-12-21(28(38)35(16-29(3,4)5)15-24(20)23-14-30-32-26(17)23)13-25(36)34-8-6-19(7-9-34)22-11-18(2)31-33-27(22)37/h10-11,14,19,21H,6-9,12-13,15-16H2,1-5H3,(H,30,32)(H,33,37)/t21-/m1/s1. The maximum Gasteiger partial charge on any atom is 0.267 e. The Morgan fingerprint density at radius 1 is 1.11 bits per heavy atom. The van der Waals surface area contributed by atoms with E-state index in [9.17, 15) is 14.4 Å². The summed E-state index contributed by atoms with van der Waals surface area (Å²) >= 11 is 0. The lowest BCUT2D eigenvalue weighted by atomic mass is 9.88. The minimum Gasteiger partial charge on any atom is -0.343 e. The molecule has 3 aromatic rings. The van der Waals surface area contributed by atoms with E-state index in [4.69, 9.17) is 0 Å². The van der Waals surface area contributed by atoms with Crippen LogP contribution < -0.4 is 5.56 Å². The number of amides is 2. The maximum atomic E-state index is 13.9. The fourth-order valence-corrected chi connectivity index (χ4v) is 6.13. The van der Waals surface area contributed by atoms with Crippen LogP contribution in [-0.2, 0) is 22.6 Å². The molecule has 1 saturated heterocycles. The Kier molecular flexibility index (Phi) is 6.88. The van der Waals surface area contributed by atoms with Crippen molar-refractivity contribution in [2.45, 2.75) is 72.8 Å². The van der Waals surface area contributed by atoms with E-state index in [2.05, 4.69) is 54.2 Å². The molecule has 1 fully saturated rings. The summed E-state index contributed by atoms with van der Waals surface area (Å²) in [6, 6.07) is 4.01. The third-order valence-corrected chi connectivity index (χ3v) is 7.95. The van der Waals surface area contributed by atoms with Crippen molar-refractivity contribution < 1.29 is 9.59 Å². The molecule has 2 amide bonds. The number of nitrogens with zero attached hydrogens (tertiary/aromatic N) is 4. The van der Waals surface area contributed by atoms with E-state index in [0.717, 1.165) is 51.7 Å². The molecule has 1 atom stereocenters. The third kappa shape index (κ3) is 5.24. The fourth-order valence-electron chi connectivity index (χ4n) is 6.13. The SMILES string of the molecule is Cc1cc(C2CCN(C(=O)C[C@H]3Cc4cc(C)c5[nH]ncc5c4CN(CC(C)(C)C)C3=O)CC2)c(=O)[nH]n1. The number of hydrogen-bond acceptors (Lipinski definition) is 5. The average molecular weight is 519 g/mol. The molecule has 38 heavy (non-hydrogen) atoms. The molecule has 202 valence electrons. The number of aromatic nitrogens is 4. The Balaban J connectivity index is 1.35. The Hall–Kier alpha value is -3.49. The summed E-state index contributed by atoms with van der Waals surface area (Å²) in [5.41, 5.74) is 5.68.